The highest BCUT2D eigenvalue weighted by molar-refractivity contribution is 8.09. The van der Waals surface area contributed by atoms with Crippen LogP contribution in [0.4, 0.5) is 0 Å². The maximum Gasteiger partial charge on any atom is 0.321 e. The van der Waals surface area contributed by atoms with Crippen LogP contribution >= 0.6 is 24.1 Å². The predicted molar refractivity (Wildman–Crippen MR) is 141 cm³/mol. The summed E-state index contributed by atoms with van der Waals surface area (Å²) in [5, 5.41) is -0.944. The highest BCUT2D eigenvalue weighted by Crippen LogP contribution is 2.33. The Morgan fingerprint density at radius 2 is 1.11 bits per heavy atom. The van der Waals surface area contributed by atoms with Crippen molar-refractivity contribution in [1.29, 1.82) is 0 Å². The van der Waals surface area contributed by atoms with Gasteiger partial charge in [-0.15, -0.1) is 0 Å². The molecule has 0 spiro atoms. The van der Waals surface area contributed by atoms with Crippen molar-refractivity contribution >= 4 is 36.0 Å². The van der Waals surface area contributed by atoms with Crippen molar-refractivity contribution in [3.05, 3.63) is 0 Å². The first-order valence-corrected chi connectivity index (χ1v) is 15.0. The molecule has 4 unspecified atom stereocenters. The monoisotopic (exact) mass is 534 g/mol. The Morgan fingerprint density at radius 1 is 0.714 bits per heavy atom. The van der Waals surface area contributed by atoms with Crippen LogP contribution in [-0.4, -0.2) is 61.1 Å². The largest absolute Gasteiger partial charge is 0.465 e. The Morgan fingerprint density at radius 3 is 1.46 bits per heavy atom. The van der Waals surface area contributed by atoms with Crippen LogP contribution in [0.2, 0.25) is 0 Å². The number of epoxide rings is 2. The van der Waals surface area contributed by atoms with Crippen molar-refractivity contribution in [2.24, 2.45) is 11.8 Å². The minimum absolute atomic E-state index is 0.0796. The maximum atomic E-state index is 12.6. The molecule has 2 saturated heterocycles. The molecule has 9 heteroatoms. The smallest absolute Gasteiger partial charge is 0.321 e. The standard InChI is InChI=1S/C26H46O7S2/c1-19(2)11-7-5-9-13-29-25(27)23(15-21-17-31-21)34-33-35-24(16-22-18-32-22)26(28)30-14-10-6-8-12-20(3)4/h19-24H,5-18H2,1-4H3. The molecule has 0 aliphatic carbocycles. The van der Waals surface area contributed by atoms with Gasteiger partial charge in [0.15, 0.2) is 0 Å². The van der Waals surface area contributed by atoms with Gasteiger partial charge in [0.1, 0.15) is 10.5 Å². The van der Waals surface area contributed by atoms with Crippen LogP contribution in [0.15, 0.2) is 0 Å². The predicted octanol–water partition coefficient (Wildman–Crippen LogP) is 6.13. The summed E-state index contributed by atoms with van der Waals surface area (Å²) in [5.41, 5.74) is 0. The molecule has 2 fully saturated rings. The van der Waals surface area contributed by atoms with Gasteiger partial charge in [-0.05, 0) is 24.7 Å². The number of hydrogen-bond acceptors (Lipinski definition) is 9. The van der Waals surface area contributed by atoms with E-state index in [1.165, 1.54) is 12.8 Å². The molecule has 2 aliphatic heterocycles. The number of ether oxygens (including phenoxy) is 4. The Kier molecular flexibility index (Phi) is 15.7. The Bertz CT molecular complexity index is 544. The summed E-state index contributed by atoms with van der Waals surface area (Å²) < 4.78 is 27.3. The van der Waals surface area contributed by atoms with E-state index in [9.17, 15) is 9.59 Å². The molecule has 0 saturated carbocycles. The van der Waals surface area contributed by atoms with Gasteiger partial charge in [0.05, 0.1) is 38.6 Å². The summed E-state index contributed by atoms with van der Waals surface area (Å²) in [5.74, 6) is 0.852. The quantitative estimate of drug-likeness (QED) is 0.0704. The van der Waals surface area contributed by atoms with E-state index < -0.39 is 10.5 Å². The second-order valence-corrected chi connectivity index (χ2v) is 12.5. The third-order valence-electron chi connectivity index (χ3n) is 5.94. The fourth-order valence-electron chi connectivity index (χ4n) is 3.55. The first-order chi connectivity index (χ1) is 16.8. The van der Waals surface area contributed by atoms with Crippen LogP contribution in [0.25, 0.3) is 0 Å². The van der Waals surface area contributed by atoms with E-state index in [0.29, 0.717) is 51.1 Å². The zero-order chi connectivity index (χ0) is 25.5. The molecule has 0 aromatic rings. The topological polar surface area (TPSA) is 86.9 Å². The fraction of sp³-hybridized carbons (Fsp3) is 0.923. The van der Waals surface area contributed by atoms with Gasteiger partial charge in [-0.3, -0.25) is 9.59 Å². The molecule has 2 aliphatic rings. The first kappa shape index (κ1) is 30.7. The molecule has 0 aromatic heterocycles. The summed E-state index contributed by atoms with van der Waals surface area (Å²) in [6.45, 7) is 11.1. The first-order valence-electron chi connectivity index (χ1n) is 13.4. The van der Waals surface area contributed by atoms with Crippen LogP contribution in [0, 0.1) is 11.8 Å². The molecule has 0 amide bonds. The van der Waals surface area contributed by atoms with Crippen molar-refractivity contribution in [2.75, 3.05) is 26.4 Å². The van der Waals surface area contributed by atoms with Crippen LogP contribution in [0.1, 0.15) is 91.9 Å². The number of hydrogen-bond donors (Lipinski definition) is 0. The molecule has 2 heterocycles. The lowest BCUT2D eigenvalue weighted by Gasteiger charge is -2.17. The summed E-state index contributed by atoms with van der Waals surface area (Å²) in [6.07, 6.45) is 9.84. The third-order valence-corrected chi connectivity index (χ3v) is 7.80. The second-order valence-electron chi connectivity index (χ2n) is 10.4. The number of esters is 2. The van der Waals surface area contributed by atoms with Crippen LogP contribution in [-0.2, 0) is 32.2 Å². The van der Waals surface area contributed by atoms with Crippen LogP contribution in [0.5, 0.6) is 0 Å². The molecular formula is C26H46O7S2. The number of carbonyl (C=O) groups excluding carboxylic acids is 2. The van der Waals surface area contributed by atoms with Gasteiger partial charge in [0.25, 0.3) is 0 Å². The molecular weight excluding hydrogens is 488 g/mol. The zero-order valence-electron chi connectivity index (χ0n) is 22.0. The van der Waals surface area contributed by atoms with Crippen molar-refractivity contribution in [3.63, 3.8) is 0 Å². The van der Waals surface area contributed by atoms with Gasteiger partial charge in [-0.2, -0.15) is 0 Å². The minimum atomic E-state index is -0.472. The summed E-state index contributed by atoms with van der Waals surface area (Å²) in [7, 11) is 0. The van der Waals surface area contributed by atoms with E-state index in [4.69, 9.17) is 22.6 Å². The van der Waals surface area contributed by atoms with E-state index in [-0.39, 0.29) is 24.1 Å². The lowest BCUT2D eigenvalue weighted by Crippen LogP contribution is -2.24. The van der Waals surface area contributed by atoms with Gasteiger partial charge >= 0.3 is 11.9 Å². The van der Waals surface area contributed by atoms with Gasteiger partial charge in [0.2, 0.25) is 0 Å². The molecule has 0 N–H and O–H groups in total. The van der Waals surface area contributed by atoms with Crippen molar-refractivity contribution in [2.45, 2.75) is 115 Å². The lowest BCUT2D eigenvalue weighted by atomic mass is 10.1. The van der Waals surface area contributed by atoms with Crippen molar-refractivity contribution in [3.8, 4) is 0 Å². The SMILES string of the molecule is CC(C)CCCCCOC(=O)C(CC1CO1)SOSC(CC1CO1)C(=O)OCCCCCC(C)C. The van der Waals surface area contributed by atoms with E-state index in [1.54, 1.807) is 0 Å². The molecule has 0 bridgehead atoms. The number of rotatable bonds is 22. The van der Waals surface area contributed by atoms with Crippen molar-refractivity contribution < 1.29 is 32.2 Å². The van der Waals surface area contributed by atoms with E-state index in [0.717, 1.165) is 62.6 Å². The Hall–Kier alpha value is -0.480. The molecule has 35 heavy (non-hydrogen) atoms. The average Bonchev–Trinajstić information content (AvgIpc) is 3.72. The van der Waals surface area contributed by atoms with Gasteiger partial charge in [-0.25, -0.2) is 3.63 Å². The number of unbranched alkanes of at least 4 members (excludes halogenated alkanes) is 4. The summed E-state index contributed by atoms with van der Waals surface area (Å²) in [6, 6.07) is 0. The van der Waals surface area contributed by atoms with Gasteiger partial charge in [-0.1, -0.05) is 66.2 Å². The molecule has 2 rings (SSSR count). The number of carbonyl (C=O) groups is 2. The second kappa shape index (κ2) is 17.9. The van der Waals surface area contributed by atoms with Crippen LogP contribution < -0.4 is 0 Å². The third kappa shape index (κ3) is 16.1. The maximum absolute atomic E-state index is 12.6. The summed E-state index contributed by atoms with van der Waals surface area (Å²) >= 11 is 2.12. The van der Waals surface area contributed by atoms with Gasteiger partial charge in [0, 0.05) is 36.9 Å². The van der Waals surface area contributed by atoms with Gasteiger partial charge < -0.3 is 18.9 Å². The highest BCUT2D eigenvalue weighted by atomic mass is 32.2. The Labute approximate surface area is 220 Å². The molecule has 0 radical (unpaired) electrons. The highest BCUT2D eigenvalue weighted by Gasteiger charge is 2.35. The zero-order valence-corrected chi connectivity index (χ0v) is 23.7. The molecule has 7 nitrogen and oxygen atoms in total. The Balaban J connectivity index is 1.67. The van der Waals surface area contributed by atoms with E-state index >= 15 is 0 Å². The average molecular weight is 535 g/mol. The summed E-state index contributed by atoms with van der Waals surface area (Å²) in [4.78, 5) is 25.2. The van der Waals surface area contributed by atoms with Crippen LogP contribution in [0.3, 0.4) is 0 Å². The molecule has 0 aromatic carbocycles. The van der Waals surface area contributed by atoms with E-state index in [1.807, 2.05) is 0 Å². The molecule has 204 valence electrons. The normalized spacial score (nSPS) is 20.6. The minimum Gasteiger partial charge on any atom is -0.465 e. The lowest BCUT2D eigenvalue weighted by molar-refractivity contribution is -0.144. The molecule has 4 atom stereocenters. The van der Waals surface area contributed by atoms with Crippen molar-refractivity contribution in [1.82, 2.24) is 0 Å². The van der Waals surface area contributed by atoms with E-state index in [2.05, 4.69) is 27.7 Å². The fourth-order valence-corrected chi connectivity index (χ4v) is 5.37.